The lowest BCUT2D eigenvalue weighted by atomic mass is 10.2. The Kier molecular flexibility index (Phi) is 5.20. The molecular formula is C15H13N3O4. The quantitative estimate of drug-likeness (QED) is 0.502. The number of carbonyl (C=O) groups is 1. The number of nitrogens with zero attached hydrogens (tertiary/aromatic N) is 2. The lowest BCUT2D eigenvalue weighted by molar-refractivity contribution is -0.385. The molecule has 0 spiro atoms. The maximum absolute atomic E-state index is 11.5. The summed E-state index contributed by atoms with van der Waals surface area (Å²) in [6, 6.07) is 15.0. The number of hydrogen-bond acceptors (Lipinski definition) is 5. The minimum atomic E-state index is -0.512. The van der Waals surface area contributed by atoms with Crippen molar-refractivity contribution in [1.29, 1.82) is 0 Å². The van der Waals surface area contributed by atoms with Crippen molar-refractivity contribution in [3.05, 3.63) is 70.3 Å². The van der Waals surface area contributed by atoms with E-state index in [0.29, 0.717) is 11.3 Å². The van der Waals surface area contributed by atoms with Crippen molar-refractivity contribution in [2.24, 2.45) is 5.10 Å². The van der Waals surface area contributed by atoms with Gasteiger partial charge in [-0.1, -0.05) is 30.3 Å². The summed E-state index contributed by atoms with van der Waals surface area (Å²) in [5, 5.41) is 14.5. The summed E-state index contributed by atoms with van der Waals surface area (Å²) < 4.78 is 5.24. The van der Waals surface area contributed by atoms with Crippen LogP contribution in [0.25, 0.3) is 0 Å². The van der Waals surface area contributed by atoms with Crippen molar-refractivity contribution in [1.82, 2.24) is 5.43 Å². The van der Waals surface area contributed by atoms with Crippen molar-refractivity contribution in [2.75, 3.05) is 6.61 Å². The minimum Gasteiger partial charge on any atom is -0.484 e. The molecule has 0 heterocycles. The summed E-state index contributed by atoms with van der Waals surface area (Å²) in [4.78, 5) is 21.8. The molecule has 1 amide bonds. The molecule has 7 heteroatoms. The molecule has 0 saturated heterocycles. The highest BCUT2D eigenvalue weighted by Gasteiger charge is 2.10. The average molecular weight is 299 g/mol. The number of benzene rings is 2. The van der Waals surface area contributed by atoms with Gasteiger partial charge in [0, 0.05) is 6.07 Å². The highest BCUT2D eigenvalue weighted by molar-refractivity contribution is 5.86. The molecule has 2 rings (SSSR count). The third kappa shape index (κ3) is 4.41. The second-order valence-electron chi connectivity index (χ2n) is 4.21. The maximum Gasteiger partial charge on any atom is 0.278 e. The zero-order chi connectivity index (χ0) is 15.8. The van der Waals surface area contributed by atoms with Crippen molar-refractivity contribution < 1.29 is 14.5 Å². The van der Waals surface area contributed by atoms with Crippen molar-refractivity contribution in [3.63, 3.8) is 0 Å². The van der Waals surface area contributed by atoms with Crippen LogP contribution in [-0.4, -0.2) is 23.7 Å². The summed E-state index contributed by atoms with van der Waals surface area (Å²) in [5.74, 6) is 0.110. The van der Waals surface area contributed by atoms with Gasteiger partial charge in [0.2, 0.25) is 0 Å². The molecular weight excluding hydrogens is 286 g/mol. The Hall–Kier alpha value is -3.22. The van der Waals surface area contributed by atoms with Crippen LogP contribution in [0, 0.1) is 10.1 Å². The fourth-order valence-electron chi connectivity index (χ4n) is 1.63. The maximum atomic E-state index is 11.5. The van der Waals surface area contributed by atoms with Gasteiger partial charge in [0.15, 0.2) is 6.61 Å². The van der Waals surface area contributed by atoms with Gasteiger partial charge in [-0.3, -0.25) is 14.9 Å². The summed E-state index contributed by atoms with van der Waals surface area (Å²) in [7, 11) is 0. The average Bonchev–Trinajstić information content (AvgIpc) is 2.54. The van der Waals surface area contributed by atoms with Crippen LogP contribution in [0.4, 0.5) is 5.69 Å². The number of ether oxygens (including phenoxy) is 1. The molecule has 0 saturated carbocycles. The van der Waals surface area contributed by atoms with E-state index >= 15 is 0 Å². The van der Waals surface area contributed by atoms with Gasteiger partial charge < -0.3 is 4.74 Å². The van der Waals surface area contributed by atoms with Crippen LogP contribution in [-0.2, 0) is 4.79 Å². The van der Waals surface area contributed by atoms with E-state index in [1.165, 1.54) is 18.3 Å². The summed E-state index contributed by atoms with van der Waals surface area (Å²) in [6.07, 6.45) is 1.22. The number of rotatable bonds is 6. The van der Waals surface area contributed by atoms with Crippen molar-refractivity contribution in [3.8, 4) is 5.75 Å². The molecule has 0 fully saturated rings. The summed E-state index contributed by atoms with van der Waals surface area (Å²) in [5.41, 5.74) is 2.47. The molecule has 22 heavy (non-hydrogen) atoms. The first-order valence-electron chi connectivity index (χ1n) is 6.40. The molecule has 0 radical (unpaired) electrons. The smallest absolute Gasteiger partial charge is 0.278 e. The molecule has 0 aromatic heterocycles. The number of nitro groups is 1. The van der Waals surface area contributed by atoms with Crippen LogP contribution in [0.1, 0.15) is 5.56 Å². The second-order valence-corrected chi connectivity index (χ2v) is 4.21. The Balaban J connectivity index is 1.87. The van der Waals surface area contributed by atoms with E-state index in [0.717, 1.165) is 0 Å². The monoisotopic (exact) mass is 299 g/mol. The van der Waals surface area contributed by atoms with Gasteiger partial charge in [-0.25, -0.2) is 5.43 Å². The number of nitro benzene ring substituents is 1. The van der Waals surface area contributed by atoms with E-state index in [-0.39, 0.29) is 12.3 Å². The summed E-state index contributed by atoms with van der Waals surface area (Å²) in [6.45, 7) is -0.196. The van der Waals surface area contributed by atoms with Gasteiger partial charge in [-0.15, -0.1) is 0 Å². The fourth-order valence-corrected chi connectivity index (χ4v) is 1.63. The van der Waals surface area contributed by atoms with Gasteiger partial charge in [0.1, 0.15) is 5.75 Å². The molecule has 7 nitrogen and oxygen atoms in total. The predicted molar refractivity (Wildman–Crippen MR) is 80.8 cm³/mol. The van der Waals surface area contributed by atoms with Crippen LogP contribution in [0.3, 0.4) is 0 Å². The second kappa shape index (κ2) is 7.53. The van der Waals surface area contributed by atoms with Gasteiger partial charge in [-0.05, 0) is 18.2 Å². The first kappa shape index (κ1) is 15.2. The fraction of sp³-hybridized carbons (Fsp3) is 0.0667. The van der Waals surface area contributed by atoms with Crippen LogP contribution >= 0.6 is 0 Å². The lowest BCUT2D eigenvalue weighted by Gasteiger charge is -2.04. The number of hydrogen-bond donors (Lipinski definition) is 1. The number of hydrazone groups is 1. The third-order valence-electron chi connectivity index (χ3n) is 2.64. The van der Waals surface area contributed by atoms with Crippen molar-refractivity contribution >= 4 is 17.8 Å². The topological polar surface area (TPSA) is 93.8 Å². The molecule has 2 aromatic rings. The first-order chi connectivity index (χ1) is 10.7. The summed E-state index contributed by atoms with van der Waals surface area (Å²) >= 11 is 0. The highest BCUT2D eigenvalue weighted by Crippen LogP contribution is 2.15. The Morgan fingerprint density at radius 2 is 1.86 bits per heavy atom. The van der Waals surface area contributed by atoms with Crippen LogP contribution < -0.4 is 10.2 Å². The van der Waals surface area contributed by atoms with Gasteiger partial charge in [0.05, 0.1) is 16.7 Å². The van der Waals surface area contributed by atoms with E-state index in [1.807, 2.05) is 6.07 Å². The SMILES string of the molecule is O=C(COc1ccccc1)NN=Cc1ccccc1[N+](=O)[O-]. The number of amides is 1. The van der Waals surface area contributed by atoms with E-state index in [4.69, 9.17) is 4.74 Å². The van der Waals surface area contributed by atoms with E-state index in [1.54, 1.807) is 36.4 Å². The molecule has 0 bridgehead atoms. The minimum absolute atomic E-state index is 0.0824. The standard InChI is InChI=1S/C15H13N3O4/c19-15(11-22-13-7-2-1-3-8-13)17-16-10-12-6-4-5-9-14(12)18(20)21/h1-10H,11H2,(H,17,19). The molecule has 0 aliphatic heterocycles. The number of para-hydroxylation sites is 2. The molecule has 0 atom stereocenters. The van der Waals surface area contributed by atoms with Gasteiger partial charge in [-0.2, -0.15) is 5.10 Å². The first-order valence-corrected chi connectivity index (χ1v) is 6.40. The number of nitrogens with one attached hydrogen (secondary N) is 1. The Bertz CT molecular complexity index is 686. The Labute approximate surface area is 126 Å². The van der Waals surface area contributed by atoms with Crippen molar-refractivity contribution in [2.45, 2.75) is 0 Å². The molecule has 0 unspecified atom stereocenters. The zero-order valence-electron chi connectivity index (χ0n) is 11.5. The highest BCUT2D eigenvalue weighted by atomic mass is 16.6. The molecule has 1 N–H and O–H groups in total. The Morgan fingerprint density at radius 1 is 1.18 bits per heavy atom. The largest absolute Gasteiger partial charge is 0.484 e. The van der Waals surface area contributed by atoms with Gasteiger partial charge in [0.25, 0.3) is 11.6 Å². The van der Waals surface area contributed by atoms with Crippen LogP contribution in [0.2, 0.25) is 0 Å². The Morgan fingerprint density at radius 3 is 2.59 bits per heavy atom. The molecule has 0 aliphatic carbocycles. The lowest BCUT2D eigenvalue weighted by Crippen LogP contribution is -2.24. The van der Waals surface area contributed by atoms with E-state index < -0.39 is 10.8 Å². The third-order valence-corrected chi connectivity index (χ3v) is 2.64. The van der Waals surface area contributed by atoms with Gasteiger partial charge >= 0.3 is 0 Å². The van der Waals surface area contributed by atoms with Crippen LogP contribution in [0.15, 0.2) is 59.7 Å². The zero-order valence-corrected chi connectivity index (χ0v) is 11.5. The van der Waals surface area contributed by atoms with Crippen LogP contribution in [0.5, 0.6) is 5.75 Å². The molecule has 0 aliphatic rings. The predicted octanol–water partition coefficient (Wildman–Crippen LogP) is 2.12. The normalized spacial score (nSPS) is 10.4. The van der Waals surface area contributed by atoms with E-state index in [9.17, 15) is 14.9 Å². The molecule has 2 aromatic carbocycles. The number of carbonyl (C=O) groups excluding carboxylic acids is 1. The molecule has 112 valence electrons. The van der Waals surface area contributed by atoms with E-state index in [2.05, 4.69) is 10.5 Å².